The van der Waals surface area contributed by atoms with Crippen LogP contribution < -0.4 is 15.8 Å². The molecule has 0 atom stereocenters. The van der Waals surface area contributed by atoms with Gasteiger partial charge in [0, 0.05) is 43.6 Å². The summed E-state index contributed by atoms with van der Waals surface area (Å²) in [5.41, 5.74) is 2.11. The molecular weight excluding hydrogens is 414 g/mol. The zero-order valence-electron chi connectivity index (χ0n) is 17.1. The molecule has 1 aliphatic heterocycles. The lowest BCUT2D eigenvalue weighted by atomic mass is 10.1. The van der Waals surface area contributed by atoms with Crippen molar-refractivity contribution in [2.24, 2.45) is 7.05 Å². The Kier molecular flexibility index (Phi) is 5.07. The van der Waals surface area contributed by atoms with Gasteiger partial charge in [0.15, 0.2) is 5.82 Å². The summed E-state index contributed by atoms with van der Waals surface area (Å²) in [5.74, 6) is 1.26. The van der Waals surface area contributed by atoms with Gasteiger partial charge in [0.25, 0.3) is 5.56 Å². The van der Waals surface area contributed by atoms with E-state index in [-0.39, 0.29) is 5.56 Å². The summed E-state index contributed by atoms with van der Waals surface area (Å²) >= 11 is 6.38. The number of imidazole rings is 1. The number of rotatable bonds is 4. The first kappa shape index (κ1) is 19.6. The molecule has 4 heterocycles. The topological polar surface area (TPSA) is 80.9 Å². The zero-order chi connectivity index (χ0) is 21.4. The Morgan fingerprint density at radius 3 is 2.74 bits per heavy atom. The summed E-state index contributed by atoms with van der Waals surface area (Å²) in [4.78, 5) is 28.1. The maximum atomic E-state index is 12.7. The van der Waals surface area contributed by atoms with E-state index in [1.807, 2.05) is 24.3 Å². The van der Waals surface area contributed by atoms with Gasteiger partial charge in [0.1, 0.15) is 10.7 Å². The van der Waals surface area contributed by atoms with Crippen molar-refractivity contribution in [1.82, 2.24) is 24.1 Å². The minimum Gasteiger partial charge on any atom is -0.341 e. The van der Waals surface area contributed by atoms with Crippen LogP contribution in [0.1, 0.15) is 19.3 Å². The first-order valence-corrected chi connectivity index (χ1v) is 10.6. The van der Waals surface area contributed by atoms with E-state index in [0.29, 0.717) is 22.5 Å². The second-order valence-electron chi connectivity index (χ2n) is 7.68. The molecule has 0 spiro atoms. The van der Waals surface area contributed by atoms with E-state index in [2.05, 4.69) is 25.2 Å². The van der Waals surface area contributed by atoms with E-state index in [4.69, 9.17) is 11.6 Å². The number of benzene rings is 1. The Labute approximate surface area is 184 Å². The number of pyridine rings is 1. The number of piperidine rings is 1. The average molecular weight is 436 g/mol. The van der Waals surface area contributed by atoms with Gasteiger partial charge in [-0.25, -0.2) is 9.97 Å². The smallest absolute Gasteiger partial charge is 0.275 e. The van der Waals surface area contributed by atoms with Gasteiger partial charge >= 0.3 is 0 Å². The third-order valence-electron chi connectivity index (χ3n) is 5.62. The standard InChI is InChI=1S/C22H22ClN7O/c1-28-18-6-5-16(11-15(18)12-19(21(28)31)30-10-7-24-14-30)26-20-17(23)13-25-22(27-20)29-8-3-2-4-9-29/h5-7,10-14H,2-4,8-9H2,1H3,(H,25,26,27). The van der Waals surface area contributed by atoms with Crippen LogP contribution in [0.3, 0.4) is 0 Å². The molecule has 1 N–H and O–H groups in total. The van der Waals surface area contributed by atoms with Crippen LogP contribution in [0, 0.1) is 0 Å². The number of nitrogens with zero attached hydrogens (tertiary/aromatic N) is 6. The van der Waals surface area contributed by atoms with E-state index in [1.54, 1.807) is 41.1 Å². The van der Waals surface area contributed by atoms with Crippen LogP contribution in [0.2, 0.25) is 5.02 Å². The Balaban J connectivity index is 1.51. The van der Waals surface area contributed by atoms with Crippen LogP contribution in [0.4, 0.5) is 17.5 Å². The molecule has 1 aliphatic rings. The predicted octanol–water partition coefficient (Wildman–Crippen LogP) is 3.90. The minimum atomic E-state index is -0.0868. The number of hydrogen-bond donors (Lipinski definition) is 1. The second-order valence-corrected chi connectivity index (χ2v) is 8.08. The number of fused-ring (bicyclic) bond motifs is 1. The van der Waals surface area contributed by atoms with Crippen molar-refractivity contribution >= 4 is 40.0 Å². The van der Waals surface area contributed by atoms with E-state index in [9.17, 15) is 4.79 Å². The predicted molar refractivity (Wildman–Crippen MR) is 123 cm³/mol. The Hall–Kier alpha value is -3.39. The Bertz CT molecular complexity index is 1290. The van der Waals surface area contributed by atoms with Crippen molar-refractivity contribution in [3.63, 3.8) is 0 Å². The fourth-order valence-electron chi connectivity index (χ4n) is 3.96. The maximum absolute atomic E-state index is 12.7. The Morgan fingerprint density at radius 1 is 1.13 bits per heavy atom. The van der Waals surface area contributed by atoms with Crippen LogP contribution in [-0.4, -0.2) is 37.2 Å². The van der Waals surface area contributed by atoms with Gasteiger partial charge in [-0.1, -0.05) is 11.6 Å². The molecule has 9 heteroatoms. The molecule has 158 valence electrons. The first-order valence-electron chi connectivity index (χ1n) is 10.3. The van der Waals surface area contributed by atoms with Gasteiger partial charge in [-0.2, -0.15) is 4.98 Å². The monoisotopic (exact) mass is 435 g/mol. The highest BCUT2D eigenvalue weighted by Gasteiger charge is 2.16. The summed E-state index contributed by atoms with van der Waals surface area (Å²) < 4.78 is 3.36. The van der Waals surface area contributed by atoms with Gasteiger partial charge in [-0.15, -0.1) is 0 Å². The number of aryl methyl sites for hydroxylation is 1. The molecule has 4 aromatic rings. The fraction of sp³-hybridized carbons (Fsp3) is 0.273. The van der Waals surface area contributed by atoms with Crippen molar-refractivity contribution in [3.05, 3.63) is 64.6 Å². The molecule has 0 unspecified atom stereocenters. The first-order chi connectivity index (χ1) is 15.1. The van der Waals surface area contributed by atoms with E-state index in [0.717, 1.165) is 42.5 Å². The molecule has 1 saturated heterocycles. The molecule has 3 aromatic heterocycles. The van der Waals surface area contributed by atoms with Crippen LogP contribution >= 0.6 is 11.6 Å². The van der Waals surface area contributed by atoms with Crippen molar-refractivity contribution in [2.75, 3.05) is 23.3 Å². The van der Waals surface area contributed by atoms with Crippen molar-refractivity contribution in [2.45, 2.75) is 19.3 Å². The van der Waals surface area contributed by atoms with Crippen molar-refractivity contribution in [3.8, 4) is 5.69 Å². The normalized spacial score (nSPS) is 14.2. The molecule has 0 amide bonds. The van der Waals surface area contributed by atoms with Crippen molar-refractivity contribution in [1.29, 1.82) is 0 Å². The molecule has 0 radical (unpaired) electrons. The number of aromatic nitrogens is 5. The zero-order valence-corrected chi connectivity index (χ0v) is 17.9. The quantitative estimate of drug-likeness (QED) is 0.523. The highest BCUT2D eigenvalue weighted by molar-refractivity contribution is 6.32. The lowest BCUT2D eigenvalue weighted by molar-refractivity contribution is 0.568. The molecule has 1 fully saturated rings. The van der Waals surface area contributed by atoms with Crippen LogP contribution in [0.5, 0.6) is 0 Å². The van der Waals surface area contributed by atoms with Crippen LogP contribution in [0.25, 0.3) is 16.6 Å². The van der Waals surface area contributed by atoms with E-state index >= 15 is 0 Å². The summed E-state index contributed by atoms with van der Waals surface area (Å²) in [7, 11) is 1.77. The van der Waals surface area contributed by atoms with Gasteiger partial charge in [-0.3, -0.25) is 4.79 Å². The summed E-state index contributed by atoms with van der Waals surface area (Å²) in [6.45, 7) is 1.92. The maximum Gasteiger partial charge on any atom is 0.275 e. The summed E-state index contributed by atoms with van der Waals surface area (Å²) in [5, 5.41) is 4.69. The number of anilines is 3. The average Bonchev–Trinajstić information content (AvgIpc) is 3.33. The van der Waals surface area contributed by atoms with Crippen molar-refractivity contribution < 1.29 is 0 Å². The number of nitrogens with one attached hydrogen (secondary N) is 1. The minimum absolute atomic E-state index is 0.0868. The summed E-state index contributed by atoms with van der Waals surface area (Å²) in [6, 6.07) is 7.68. The van der Waals surface area contributed by atoms with E-state index in [1.165, 1.54) is 6.42 Å². The lowest BCUT2D eigenvalue weighted by Gasteiger charge is -2.26. The molecule has 0 aliphatic carbocycles. The largest absolute Gasteiger partial charge is 0.341 e. The Morgan fingerprint density at radius 2 is 1.97 bits per heavy atom. The van der Waals surface area contributed by atoms with Gasteiger partial charge in [-0.05, 0) is 43.5 Å². The van der Waals surface area contributed by atoms with Crippen LogP contribution in [0.15, 0.2) is 54.0 Å². The highest BCUT2D eigenvalue weighted by atomic mass is 35.5. The third kappa shape index (κ3) is 3.74. The van der Waals surface area contributed by atoms with Gasteiger partial charge in [0.2, 0.25) is 5.95 Å². The van der Waals surface area contributed by atoms with Gasteiger partial charge < -0.3 is 19.4 Å². The molecule has 0 saturated carbocycles. The summed E-state index contributed by atoms with van der Waals surface area (Å²) in [6.07, 6.45) is 10.2. The lowest BCUT2D eigenvalue weighted by Crippen LogP contribution is -2.31. The molecule has 8 nitrogen and oxygen atoms in total. The molecule has 31 heavy (non-hydrogen) atoms. The highest BCUT2D eigenvalue weighted by Crippen LogP contribution is 2.28. The molecule has 1 aromatic carbocycles. The SMILES string of the molecule is Cn1c(=O)c(-n2ccnc2)cc2cc(Nc3nc(N4CCCCC4)ncc3Cl)ccc21. The fourth-order valence-corrected chi connectivity index (χ4v) is 4.10. The molecule has 0 bridgehead atoms. The third-order valence-corrected chi connectivity index (χ3v) is 5.90. The van der Waals surface area contributed by atoms with Gasteiger partial charge in [0.05, 0.1) is 18.0 Å². The molecular formula is C22H22ClN7O. The number of hydrogen-bond acceptors (Lipinski definition) is 6. The molecule has 5 rings (SSSR count). The number of halogens is 1. The van der Waals surface area contributed by atoms with E-state index < -0.39 is 0 Å². The van der Waals surface area contributed by atoms with Crippen LogP contribution in [-0.2, 0) is 7.05 Å². The second kappa shape index (κ2) is 8.03.